The third-order valence-electron chi connectivity index (χ3n) is 5.02. The molecule has 1 aromatic rings. The number of rotatable bonds is 4. The highest BCUT2D eigenvalue weighted by atomic mass is 16.4. The van der Waals surface area contributed by atoms with Crippen molar-refractivity contribution in [1.82, 2.24) is 20.2 Å². The third kappa shape index (κ3) is 3.59. The predicted molar refractivity (Wildman–Crippen MR) is 88.9 cm³/mol. The Bertz CT molecular complexity index is 559. The minimum absolute atomic E-state index is 0.270. The van der Waals surface area contributed by atoms with Crippen molar-refractivity contribution < 1.29 is 15.0 Å². The summed E-state index contributed by atoms with van der Waals surface area (Å²) in [6, 6.07) is -0.128. The molecule has 132 valence electrons. The highest BCUT2D eigenvalue weighted by Crippen LogP contribution is 2.26. The standard InChI is InChI=1S/C16H25N5O3/c1-2-11-9-17-15(18-10-11)20-6-3-12(4-7-20)21-8-5-13(14(21)22)19-16(23)24/h9-10,12-14,19,22H,2-8H2,1H3,(H,23,24)/t13-,14-/m0/s1. The lowest BCUT2D eigenvalue weighted by Gasteiger charge is -2.38. The Labute approximate surface area is 141 Å². The van der Waals surface area contributed by atoms with E-state index in [1.807, 2.05) is 17.3 Å². The molecule has 8 nitrogen and oxygen atoms in total. The third-order valence-corrected chi connectivity index (χ3v) is 5.02. The number of aromatic nitrogens is 2. The highest BCUT2D eigenvalue weighted by Gasteiger charge is 2.38. The average molecular weight is 335 g/mol. The van der Waals surface area contributed by atoms with Crippen LogP contribution in [0.5, 0.6) is 0 Å². The van der Waals surface area contributed by atoms with Gasteiger partial charge in [0.1, 0.15) is 6.23 Å². The van der Waals surface area contributed by atoms with Crippen molar-refractivity contribution in [2.45, 2.75) is 50.9 Å². The van der Waals surface area contributed by atoms with Crippen LogP contribution in [0.4, 0.5) is 10.7 Å². The van der Waals surface area contributed by atoms with Crippen LogP contribution in [0.2, 0.25) is 0 Å². The van der Waals surface area contributed by atoms with E-state index in [-0.39, 0.29) is 6.04 Å². The molecule has 24 heavy (non-hydrogen) atoms. The van der Waals surface area contributed by atoms with E-state index in [9.17, 15) is 9.90 Å². The van der Waals surface area contributed by atoms with Crippen molar-refractivity contribution in [3.63, 3.8) is 0 Å². The second-order valence-corrected chi connectivity index (χ2v) is 6.46. The van der Waals surface area contributed by atoms with Gasteiger partial charge in [0.15, 0.2) is 0 Å². The zero-order valence-electron chi connectivity index (χ0n) is 13.9. The summed E-state index contributed by atoms with van der Waals surface area (Å²) in [4.78, 5) is 23.8. The normalized spacial score (nSPS) is 25.8. The zero-order chi connectivity index (χ0) is 17.1. The van der Waals surface area contributed by atoms with Crippen LogP contribution in [0.3, 0.4) is 0 Å². The summed E-state index contributed by atoms with van der Waals surface area (Å²) >= 11 is 0. The van der Waals surface area contributed by atoms with Gasteiger partial charge < -0.3 is 20.4 Å². The molecule has 2 saturated heterocycles. The number of anilines is 1. The van der Waals surface area contributed by atoms with Gasteiger partial charge >= 0.3 is 6.09 Å². The number of hydrogen-bond acceptors (Lipinski definition) is 6. The van der Waals surface area contributed by atoms with Gasteiger partial charge in [-0.15, -0.1) is 0 Å². The Morgan fingerprint density at radius 2 is 1.92 bits per heavy atom. The van der Waals surface area contributed by atoms with Crippen LogP contribution >= 0.6 is 0 Å². The Morgan fingerprint density at radius 3 is 2.50 bits per heavy atom. The van der Waals surface area contributed by atoms with Gasteiger partial charge in [-0.3, -0.25) is 4.90 Å². The van der Waals surface area contributed by atoms with Gasteiger partial charge in [0, 0.05) is 38.1 Å². The van der Waals surface area contributed by atoms with Gasteiger partial charge in [0.2, 0.25) is 5.95 Å². The molecule has 0 aromatic carbocycles. The SMILES string of the molecule is CCc1cnc(N2CCC(N3CC[C@H](NC(=O)O)[C@@H]3O)CC2)nc1. The van der Waals surface area contributed by atoms with Crippen LogP contribution in [-0.2, 0) is 6.42 Å². The number of aliphatic hydroxyl groups is 1. The highest BCUT2D eigenvalue weighted by molar-refractivity contribution is 5.65. The molecule has 3 heterocycles. The number of aryl methyl sites for hydroxylation is 1. The van der Waals surface area contributed by atoms with E-state index < -0.39 is 18.4 Å². The molecule has 2 aliphatic heterocycles. The van der Waals surface area contributed by atoms with E-state index in [0.29, 0.717) is 6.42 Å². The molecule has 0 unspecified atom stereocenters. The summed E-state index contributed by atoms with van der Waals surface area (Å²) in [7, 11) is 0. The molecular formula is C16H25N5O3. The van der Waals surface area contributed by atoms with Crippen LogP contribution in [-0.4, -0.2) is 69.1 Å². The molecule has 0 spiro atoms. The van der Waals surface area contributed by atoms with E-state index in [2.05, 4.69) is 27.1 Å². The Morgan fingerprint density at radius 1 is 1.25 bits per heavy atom. The molecule has 2 fully saturated rings. The molecule has 0 aliphatic carbocycles. The summed E-state index contributed by atoms with van der Waals surface area (Å²) in [5, 5.41) is 21.6. The summed E-state index contributed by atoms with van der Waals surface area (Å²) in [6.45, 7) is 4.49. The molecular weight excluding hydrogens is 310 g/mol. The quantitative estimate of drug-likeness (QED) is 0.743. The largest absolute Gasteiger partial charge is 0.465 e. The lowest BCUT2D eigenvalue weighted by Crippen LogP contribution is -2.51. The molecule has 2 atom stereocenters. The first-order valence-electron chi connectivity index (χ1n) is 8.57. The summed E-state index contributed by atoms with van der Waals surface area (Å²) in [5.74, 6) is 0.762. The van der Waals surface area contributed by atoms with Crippen molar-refractivity contribution in [2.24, 2.45) is 0 Å². The number of piperidine rings is 1. The number of nitrogens with zero attached hydrogens (tertiary/aromatic N) is 4. The smallest absolute Gasteiger partial charge is 0.405 e. The topological polar surface area (TPSA) is 102 Å². The molecule has 3 N–H and O–H groups in total. The Hall–Kier alpha value is -1.93. The number of amides is 1. The van der Waals surface area contributed by atoms with E-state index in [1.165, 1.54) is 0 Å². The molecule has 0 radical (unpaired) electrons. The van der Waals surface area contributed by atoms with E-state index in [4.69, 9.17) is 5.11 Å². The molecule has 8 heteroatoms. The molecule has 2 aliphatic rings. The van der Waals surface area contributed by atoms with Gasteiger partial charge in [-0.1, -0.05) is 6.92 Å². The van der Waals surface area contributed by atoms with Crippen molar-refractivity contribution in [3.8, 4) is 0 Å². The maximum Gasteiger partial charge on any atom is 0.405 e. The van der Waals surface area contributed by atoms with E-state index in [0.717, 1.165) is 50.4 Å². The van der Waals surface area contributed by atoms with Crippen molar-refractivity contribution >= 4 is 12.0 Å². The fraction of sp³-hybridized carbons (Fsp3) is 0.688. The second-order valence-electron chi connectivity index (χ2n) is 6.46. The average Bonchev–Trinajstić information content (AvgIpc) is 2.95. The first-order valence-corrected chi connectivity index (χ1v) is 8.57. The van der Waals surface area contributed by atoms with Gasteiger partial charge in [0.25, 0.3) is 0 Å². The Kier molecular flexibility index (Phi) is 5.15. The minimum atomic E-state index is -1.08. The summed E-state index contributed by atoms with van der Waals surface area (Å²) < 4.78 is 0. The molecule has 1 aromatic heterocycles. The fourth-order valence-electron chi connectivity index (χ4n) is 3.60. The van der Waals surface area contributed by atoms with Gasteiger partial charge in [-0.2, -0.15) is 0 Å². The van der Waals surface area contributed by atoms with Crippen LogP contribution in [0.15, 0.2) is 12.4 Å². The maximum absolute atomic E-state index is 10.8. The molecule has 0 bridgehead atoms. The number of aliphatic hydroxyl groups excluding tert-OH is 1. The van der Waals surface area contributed by atoms with Crippen molar-refractivity contribution in [1.29, 1.82) is 0 Å². The molecule has 3 rings (SSSR count). The Balaban J connectivity index is 1.54. The van der Waals surface area contributed by atoms with E-state index in [1.54, 1.807) is 0 Å². The second kappa shape index (κ2) is 7.31. The summed E-state index contributed by atoms with van der Waals surface area (Å²) in [6.07, 6.45) is 5.34. The first kappa shape index (κ1) is 16.9. The van der Waals surface area contributed by atoms with Crippen molar-refractivity contribution in [3.05, 3.63) is 18.0 Å². The number of likely N-dealkylation sites (tertiary alicyclic amines) is 1. The predicted octanol–water partition coefficient (Wildman–Crippen LogP) is 0.668. The molecule has 1 amide bonds. The number of carbonyl (C=O) groups is 1. The lowest BCUT2D eigenvalue weighted by molar-refractivity contribution is -0.0118. The van der Waals surface area contributed by atoms with Gasteiger partial charge in [-0.25, -0.2) is 14.8 Å². The van der Waals surface area contributed by atoms with Gasteiger partial charge in [-0.05, 0) is 31.2 Å². The summed E-state index contributed by atoms with van der Waals surface area (Å²) in [5.41, 5.74) is 1.13. The van der Waals surface area contributed by atoms with Crippen LogP contribution < -0.4 is 10.2 Å². The fourth-order valence-corrected chi connectivity index (χ4v) is 3.60. The van der Waals surface area contributed by atoms with Gasteiger partial charge in [0.05, 0.1) is 6.04 Å². The minimum Gasteiger partial charge on any atom is -0.465 e. The maximum atomic E-state index is 10.8. The number of carboxylic acid groups (broad SMARTS) is 1. The van der Waals surface area contributed by atoms with E-state index >= 15 is 0 Å². The zero-order valence-corrected chi connectivity index (χ0v) is 13.9. The molecule has 0 saturated carbocycles. The number of hydrogen-bond donors (Lipinski definition) is 3. The number of nitrogens with one attached hydrogen (secondary N) is 1. The lowest BCUT2D eigenvalue weighted by atomic mass is 10.0. The van der Waals surface area contributed by atoms with Crippen LogP contribution in [0, 0.1) is 0 Å². The first-order chi connectivity index (χ1) is 11.6. The van der Waals surface area contributed by atoms with Crippen molar-refractivity contribution in [2.75, 3.05) is 24.5 Å². The van der Waals surface area contributed by atoms with Crippen LogP contribution in [0.1, 0.15) is 31.7 Å². The van der Waals surface area contributed by atoms with Crippen LogP contribution in [0.25, 0.3) is 0 Å². The monoisotopic (exact) mass is 335 g/mol.